The molecule has 0 unspecified atom stereocenters. The summed E-state index contributed by atoms with van der Waals surface area (Å²) < 4.78 is 5.01. The number of ether oxygens (including phenoxy) is 1. The molecule has 0 aromatic heterocycles. The maximum atomic E-state index is 11.4. The van der Waals surface area contributed by atoms with Gasteiger partial charge in [0.05, 0.1) is 22.1 Å². The number of benzene rings is 2. The molecule has 0 aliphatic heterocycles. The number of nitrogens with zero attached hydrogens (tertiary/aromatic N) is 1. The van der Waals surface area contributed by atoms with E-state index in [1.165, 1.54) is 13.2 Å². The van der Waals surface area contributed by atoms with E-state index in [2.05, 4.69) is 5.32 Å². The molecule has 0 bridgehead atoms. The SMILES string of the molecule is COc1ccc(Nc2c([N+](=O)[O-])ccc(Cl)c2C(=O)O)cc1Cl. The minimum Gasteiger partial charge on any atom is -0.495 e. The highest BCUT2D eigenvalue weighted by molar-refractivity contribution is 6.34. The van der Waals surface area contributed by atoms with Crippen molar-refractivity contribution in [3.05, 3.63) is 56.1 Å². The van der Waals surface area contributed by atoms with E-state index < -0.39 is 22.1 Å². The summed E-state index contributed by atoms with van der Waals surface area (Å²) in [6, 6.07) is 6.83. The highest BCUT2D eigenvalue weighted by Gasteiger charge is 2.25. The molecule has 2 aromatic rings. The number of rotatable bonds is 5. The van der Waals surface area contributed by atoms with Crippen LogP contribution in [-0.2, 0) is 0 Å². The standard InChI is InChI=1S/C14H10Cl2N2O5/c1-23-11-5-2-7(6-9(11)16)17-13-10(18(21)22)4-3-8(15)12(13)14(19)20/h2-6,17H,1H3,(H,19,20). The number of halogens is 2. The molecule has 0 spiro atoms. The van der Waals surface area contributed by atoms with Crippen molar-refractivity contribution in [3.8, 4) is 5.75 Å². The predicted octanol–water partition coefficient (Wildman–Crippen LogP) is 4.35. The summed E-state index contributed by atoms with van der Waals surface area (Å²) in [7, 11) is 1.44. The molecule has 0 aliphatic carbocycles. The zero-order valence-electron chi connectivity index (χ0n) is 11.7. The molecule has 9 heteroatoms. The Labute approximate surface area is 140 Å². The molecule has 0 saturated heterocycles. The second kappa shape index (κ2) is 6.72. The molecule has 2 N–H and O–H groups in total. The molecular weight excluding hydrogens is 347 g/mol. The monoisotopic (exact) mass is 356 g/mol. The van der Waals surface area contributed by atoms with Crippen LogP contribution in [0.5, 0.6) is 5.75 Å². The third kappa shape index (κ3) is 3.46. The van der Waals surface area contributed by atoms with E-state index in [-0.39, 0.29) is 15.7 Å². The van der Waals surface area contributed by atoms with Crippen molar-refractivity contribution in [1.82, 2.24) is 0 Å². The van der Waals surface area contributed by atoms with Crippen molar-refractivity contribution in [2.45, 2.75) is 0 Å². The molecule has 0 heterocycles. The van der Waals surface area contributed by atoms with Gasteiger partial charge in [0.1, 0.15) is 17.0 Å². The lowest BCUT2D eigenvalue weighted by molar-refractivity contribution is -0.383. The number of aromatic carboxylic acids is 1. The van der Waals surface area contributed by atoms with Crippen LogP contribution < -0.4 is 10.1 Å². The van der Waals surface area contributed by atoms with Crippen LogP contribution in [0.1, 0.15) is 10.4 Å². The van der Waals surface area contributed by atoms with Crippen molar-refractivity contribution in [2.75, 3.05) is 12.4 Å². The van der Waals surface area contributed by atoms with E-state index in [0.717, 1.165) is 12.1 Å². The largest absolute Gasteiger partial charge is 0.495 e. The molecule has 0 amide bonds. The first-order valence-electron chi connectivity index (χ1n) is 6.16. The van der Waals surface area contributed by atoms with Gasteiger partial charge in [-0.1, -0.05) is 23.2 Å². The lowest BCUT2D eigenvalue weighted by Crippen LogP contribution is -2.07. The molecule has 2 rings (SSSR count). The summed E-state index contributed by atoms with van der Waals surface area (Å²) in [6.45, 7) is 0. The lowest BCUT2D eigenvalue weighted by Gasteiger charge is -2.12. The summed E-state index contributed by atoms with van der Waals surface area (Å²) in [4.78, 5) is 21.8. The van der Waals surface area contributed by atoms with Crippen LogP contribution in [0.2, 0.25) is 10.0 Å². The second-order valence-electron chi connectivity index (χ2n) is 4.35. The van der Waals surface area contributed by atoms with E-state index in [9.17, 15) is 20.0 Å². The van der Waals surface area contributed by atoms with Crippen LogP contribution >= 0.6 is 23.2 Å². The number of anilines is 2. The number of nitro groups is 1. The molecule has 0 atom stereocenters. The Kier molecular flexibility index (Phi) is 4.92. The van der Waals surface area contributed by atoms with E-state index in [4.69, 9.17) is 27.9 Å². The molecule has 0 aliphatic rings. The fraction of sp³-hybridized carbons (Fsp3) is 0.0714. The number of nitro benzene ring substituents is 1. The fourth-order valence-electron chi connectivity index (χ4n) is 1.94. The summed E-state index contributed by atoms with van der Waals surface area (Å²) in [5.74, 6) is -0.975. The van der Waals surface area contributed by atoms with Crippen molar-refractivity contribution < 1.29 is 19.6 Å². The predicted molar refractivity (Wildman–Crippen MR) is 86.4 cm³/mol. The Hall–Kier alpha value is -2.51. The second-order valence-corrected chi connectivity index (χ2v) is 5.17. The zero-order chi connectivity index (χ0) is 17.1. The summed E-state index contributed by atoms with van der Waals surface area (Å²) in [5.41, 5.74) is -0.688. The number of nitrogens with one attached hydrogen (secondary N) is 1. The van der Waals surface area contributed by atoms with Gasteiger partial charge in [-0.3, -0.25) is 10.1 Å². The highest BCUT2D eigenvalue weighted by Crippen LogP contribution is 2.37. The van der Waals surface area contributed by atoms with Gasteiger partial charge in [0.25, 0.3) is 5.69 Å². The van der Waals surface area contributed by atoms with Gasteiger partial charge < -0.3 is 15.2 Å². The first-order valence-corrected chi connectivity index (χ1v) is 6.91. The summed E-state index contributed by atoms with van der Waals surface area (Å²) in [6.07, 6.45) is 0. The van der Waals surface area contributed by atoms with Crippen molar-refractivity contribution in [3.63, 3.8) is 0 Å². The Morgan fingerprint density at radius 1 is 1.26 bits per heavy atom. The number of carbonyl (C=O) groups is 1. The van der Waals surface area contributed by atoms with Crippen LogP contribution in [-0.4, -0.2) is 23.1 Å². The maximum Gasteiger partial charge on any atom is 0.339 e. The normalized spacial score (nSPS) is 10.2. The lowest BCUT2D eigenvalue weighted by atomic mass is 10.1. The first kappa shape index (κ1) is 16.9. The molecule has 0 saturated carbocycles. The molecular formula is C14H10Cl2N2O5. The van der Waals surface area contributed by atoms with Crippen molar-refractivity contribution >= 4 is 46.2 Å². The van der Waals surface area contributed by atoms with Crippen LogP contribution in [0, 0.1) is 10.1 Å². The van der Waals surface area contributed by atoms with Gasteiger partial charge in [-0.2, -0.15) is 0 Å². The van der Waals surface area contributed by atoms with Crippen LogP contribution in [0.25, 0.3) is 0 Å². The Bertz CT molecular complexity index is 795. The third-order valence-corrected chi connectivity index (χ3v) is 3.57. The number of methoxy groups -OCH3 is 1. The average molecular weight is 357 g/mol. The maximum absolute atomic E-state index is 11.4. The number of hydrogen-bond donors (Lipinski definition) is 2. The van der Waals surface area contributed by atoms with Gasteiger partial charge in [-0.05, 0) is 24.3 Å². The van der Waals surface area contributed by atoms with Gasteiger partial charge in [0.15, 0.2) is 0 Å². The quantitative estimate of drug-likeness (QED) is 0.609. The first-order chi connectivity index (χ1) is 10.8. The topological polar surface area (TPSA) is 102 Å². The molecule has 120 valence electrons. The fourth-order valence-corrected chi connectivity index (χ4v) is 2.44. The Balaban J connectivity index is 2.57. The van der Waals surface area contributed by atoms with Gasteiger partial charge in [0, 0.05) is 11.8 Å². The van der Waals surface area contributed by atoms with Gasteiger partial charge in [0.2, 0.25) is 0 Å². The van der Waals surface area contributed by atoms with Crippen molar-refractivity contribution in [2.24, 2.45) is 0 Å². The highest BCUT2D eigenvalue weighted by atomic mass is 35.5. The smallest absolute Gasteiger partial charge is 0.339 e. The van der Waals surface area contributed by atoms with Gasteiger partial charge in [-0.25, -0.2) is 4.79 Å². The Morgan fingerprint density at radius 3 is 2.48 bits per heavy atom. The number of carboxylic acid groups (broad SMARTS) is 1. The minimum absolute atomic E-state index is 0.120. The third-order valence-electron chi connectivity index (χ3n) is 2.96. The Morgan fingerprint density at radius 2 is 1.96 bits per heavy atom. The van der Waals surface area contributed by atoms with E-state index >= 15 is 0 Å². The molecule has 0 fully saturated rings. The summed E-state index contributed by atoms with van der Waals surface area (Å²) >= 11 is 11.8. The number of hydrogen-bond acceptors (Lipinski definition) is 5. The zero-order valence-corrected chi connectivity index (χ0v) is 13.2. The van der Waals surface area contributed by atoms with Crippen LogP contribution in [0.15, 0.2) is 30.3 Å². The summed E-state index contributed by atoms with van der Waals surface area (Å²) in [5, 5.41) is 23.3. The van der Waals surface area contributed by atoms with Crippen molar-refractivity contribution in [1.29, 1.82) is 0 Å². The number of carboxylic acids is 1. The van der Waals surface area contributed by atoms with Gasteiger partial charge in [-0.15, -0.1) is 0 Å². The molecule has 23 heavy (non-hydrogen) atoms. The molecule has 7 nitrogen and oxygen atoms in total. The van der Waals surface area contributed by atoms with E-state index in [0.29, 0.717) is 11.4 Å². The molecule has 0 radical (unpaired) electrons. The average Bonchev–Trinajstić information content (AvgIpc) is 2.46. The van der Waals surface area contributed by atoms with Gasteiger partial charge >= 0.3 is 5.97 Å². The van der Waals surface area contributed by atoms with E-state index in [1.54, 1.807) is 12.1 Å². The minimum atomic E-state index is -1.39. The van der Waals surface area contributed by atoms with E-state index in [1.807, 2.05) is 0 Å². The molecule has 2 aromatic carbocycles. The van der Waals surface area contributed by atoms with Crippen LogP contribution in [0.3, 0.4) is 0 Å². The van der Waals surface area contributed by atoms with Crippen LogP contribution in [0.4, 0.5) is 17.1 Å².